The minimum absolute atomic E-state index is 0.245. The summed E-state index contributed by atoms with van der Waals surface area (Å²) < 4.78 is 6.11. The number of ether oxygens (including phenoxy) is 1. The van der Waals surface area contributed by atoms with Crippen molar-refractivity contribution in [3.63, 3.8) is 0 Å². The first-order chi connectivity index (χ1) is 8.29. The molecule has 3 unspecified atom stereocenters. The Kier molecular flexibility index (Phi) is 5.19. The van der Waals surface area contributed by atoms with E-state index in [1.807, 2.05) is 0 Å². The van der Waals surface area contributed by atoms with E-state index in [4.69, 9.17) is 4.74 Å². The van der Waals surface area contributed by atoms with E-state index in [2.05, 4.69) is 30.9 Å². The molecular formula is C14H27NOS. The Morgan fingerprint density at radius 1 is 1.47 bits per heavy atom. The van der Waals surface area contributed by atoms with Crippen LogP contribution >= 0.6 is 11.8 Å². The number of nitrogens with one attached hydrogen (secondary N) is 1. The van der Waals surface area contributed by atoms with Gasteiger partial charge in [-0.2, -0.15) is 11.8 Å². The lowest BCUT2D eigenvalue weighted by atomic mass is 9.80. The van der Waals surface area contributed by atoms with Crippen LogP contribution in [0.15, 0.2) is 0 Å². The molecule has 1 spiro atoms. The highest BCUT2D eigenvalue weighted by Gasteiger charge is 2.41. The second kappa shape index (κ2) is 6.44. The van der Waals surface area contributed by atoms with E-state index in [9.17, 15) is 0 Å². The van der Waals surface area contributed by atoms with Crippen molar-refractivity contribution in [2.24, 2.45) is 5.92 Å². The standard InChI is InChI=1S/C14H27NOS/c1-3-7-15-13(4-2)12-5-8-16-14(10-12)6-9-17-11-14/h12-13,15H,3-11H2,1-2H3. The molecule has 3 heteroatoms. The van der Waals surface area contributed by atoms with Gasteiger partial charge in [0.2, 0.25) is 0 Å². The molecular weight excluding hydrogens is 230 g/mol. The summed E-state index contributed by atoms with van der Waals surface area (Å²) in [5, 5.41) is 3.73. The van der Waals surface area contributed by atoms with Crippen molar-refractivity contribution in [3.8, 4) is 0 Å². The highest BCUT2D eigenvalue weighted by atomic mass is 32.2. The molecule has 0 aromatic heterocycles. The van der Waals surface area contributed by atoms with Gasteiger partial charge in [-0.1, -0.05) is 13.8 Å². The highest BCUT2D eigenvalue weighted by molar-refractivity contribution is 7.99. The van der Waals surface area contributed by atoms with Gasteiger partial charge in [0.15, 0.2) is 0 Å². The molecule has 0 aromatic carbocycles. The number of hydrogen-bond acceptors (Lipinski definition) is 3. The molecule has 2 aliphatic rings. The van der Waals surface area contributed by atoms with Crippen LogP contribution in [0.2, 0.25) is 0 Å². The molecule has 0 saturated carbocycles. The van der Waals surface area contributed by atoms with Crippen LogP contribution in [0.25, 0.3) is 0 Å². The summed E-state index contributed by atoms with van der Waals surface area (Å²) in [7, 11) is 0. The predicted octanol–water partition coefficient (Wildman–Crippen LogP) is 3.07. The van der Waals surface area contributed by atoms with E-state index in [1.165, 1.54) is 43.6 Å². The maximum absolute atomic E-state index is 6.11. The molecule has 2 heterocycles. The van der Waals surface area contributed by atoms with Gasteiger partial charge in [-0.3, -0.25) is 0 Å². The summed E-state index contributed by atoms with van der Waals surface area (Å²) >= 11 is 2.07. The van der Waals surface area contributed by atoms with Gasteiger partial charge in [0.25, 0.3) is 0 Å². The zero-order chi connectivity index (χ0) is 12.1. The SMILES string of the molecule is CCCNC(CC)C1CCOC2(CCSC2)C1. The Morgan fingerprint density at radius 2 is 2.35 bits per heavy atom. The van der Waals surface area contributed by atoms with Crippen molar-refractivity contribution < 1.29 is 4.74 Å². The first kappa shape index (κ1) is 13.7. The second-order valence-corrected chi connectivity index (χ2v) is 6.66. The van der Waals surface area contributed by atoms with Gasteiger partial charge in [-0.15, -0.1) is 0 Å². The molecule has 2 fully saturated rings. The van der Waals surface area contributed by atoms with E-state index in [0.717, 1.165) is 19.1 Å². The second-order valence-electron chi connectivity index (χ2n) is 5.56. The van der Waals surface area contributed by atoms with Gasteiger partial charge >= 0.3 is 0 Å². The molecule has 2 nitrogen and oxygen atoms in total. The van der Waals surface area contributed by atoms with Crippen molar-refractivity contribution >= 4 is 11.8 Å². The molecule has 0 aliphatic carbocycles. The summed E-state index contributed by atoms with van der Waals surface area (Å²) in [4.78, 5) is 0. The number of thioether (sulfide) groups is 1. The molecule has 0 radical (unpaired) electrons. The minimum Gasteiger partial charge on any atom is -0.374 e. The minimum atomic E-state index is 0.245. The van der Waals surface area contributed by atoms with E-state index in [-0.39, 0.29) is 5.60 Å². The first-order valence-electron chi connectivity index (χ1n) is 7.25. The summed E-state index contributed by atoms with van der Waals surface area (Å²) in [6.07, 6.45) is 6.31. The van der Waals surface area contributed by atoms with Gasteiger partial charge in [0.05, 0.1) is 5.60 Å². The van der Waals surface area contributed by atoms with E-state index in [1.54, 1.807) is 0 Å². The van der Waals surface area contributed by atoms with Gasteiger partial charge in [0, 0.05) is 18.4 Å². The highest BCUT2D eigenvalue weighted by Crippen LogP contribution is 2.41. The summed E-state index contributed by atoms with van der Waals surface area (Å²) in [6, 6.07) is 0.710. The Labute approximate surface area is 110 Å². The molecule has 0 bridgehead atoms. The Bertz CT molecular complexity index is 228. The maximum Gasteiger partial charge on any atom is 0.0783 e. The monoisotopic (exact) mass is 257 g/mol. The third kappa shape index (κ3) is 3.39. The van der Waals surface area contributed by atoms with Crippen LogP contribution in [-0.2, 0) is 4.74 Å². The quantitative estimate of drug-likeness (QED) is 0.818. The van der Waals surface area contributed by atoms with Crippen LogP contribution in [0, 0.1) is 5.92 Å². The van der Waals surface area contributed by atoms with E-state index in [0.29, 0.717) is 6.04 Å². The lowest BCUT2D eigenvalue weighted by Crippen LogP contribution is -2.47. The Hall–Kier alpha value is 0.270. The summed E-state index contributed by atoms with van der Waals surface area (Å²) in [5.74, 6) is 3.36. The van der Waals surface area contributed by atoms with Crippen molar-refractivity contribution in [2.75, 3.05) is 24.7 Å². The lowest BCUT2D eigenvalue weighted by molar-refractivity contribution is -0.0852. The topological polar surface area (TPSA) is 21.3 Å². The average Bonchev–Trinajstić information content (AvgIpc) is 2.78. The van der Waals surface area contributed by atoms with Gasteiger partial charge in [0.1, 0.15) is 0 Å². The van der Waals surface area contributed by atoms with Crippen LogP contribution in [0.1, 0.15) is 46.0 Å². The van der Waals surface area contributed by atoms with Crippen LogP contribution in [0.4, 0.5) is 0 Å². The number of rotatable bonds is 5. The van der Waals surface area contributed by atoms with Crippen LogP contribution in [0.3, 0.4) is 0 Å². The maximum atomic E-state index is 6.11. The average molecular weight is 257 g/mol. The summed E-state index contributed by atoms with van der Waals surface area (Å²) in [6.45, 7) is 6.71. The smallest absolute Gasteiger partial charge is 0.0783 e. The molecule has 2 aliphatic heterocycles. The normalized spacial score (nSPS) is 35.3. The molecule has 3 atom stereocenters. The molecule has 1 N–H and O–H groups in total. The molecule has 0 amide bonds. The van der Waals surface area contributed by atoms with Crippen LogP contribution in [0.5, 0.6) is 0 Å². The first-order valence-corrected chi connectivity index (χ1v) is 8.40. The van der Waals surface area contributed by atoms with E-state index < -0.39 is 0 Å². The van der Waals surface area contributed by atoms with Gasteiger partial charge in [-0.05, 0) is 50.3 Å². The molecule has 2 saturated heterocycles. The van der Waals surface area contributed by atoms with Crippen molar-refractivity contribution in [3.05, 3.63) is 0 Å². The van der Waals surface area contributed by atoms with Crippen LogP contribution < -0.4 is 5.32 Å². The zero-order valence-electron chi connectivity index (χ0n) is 11.3. The predicted molar refractivity (Wildman–Crippen MR) is 75.7 cm³/mol. The molecule has 17 heavy (non-hydrogen) atoms. The fourth-order valence-corrected chi connectivity index (χ4v) is 4.62. The third-order valence-corrected chi connectivity index (χ3v) is 5.49. The van der Waals surface area contributed by atoms with Crippen molar-refractivity contribution in [1.82, 2.24) is 5.32 Å². The molecule has 0 aromatic rings. The summed E-state index contributed by atoms with van der Waals surface area (Å²) in [5.41, 5.74) is 0.245. The fraction of sp³-hybridized carbons (Fsp3) is 1.00. The van der Waals surface area contributed by atoms with Gasteiger partial charge < -0.3 is 10.1 Å². The zero-order valence-corrected chi connectivity index (χ0v) is 12.2. The Balaban J connectivity index is 1.90. The largest absolute Gasteiger partial charge is 0.374 e. The third-order valence-electron chi connectivity index (χ3n) is 4.26. The molecule has 100 valence electrons. The fourth-order valence-electron chi connectivity index (χ4n) is 3.25. The Morgan fingerprint density at radius 3 is 3.00 bits per heavy atom. The molecule has 2 rings (SSSR count). The van der Waals surface area contributed by atoms with Gasteiger partial charge in [-0.25, -0.2) is 0 Å². The lowest BCUT2D eigenvalue weighted by Gasteiger charge is -2.41. The van der Waals surface area contributed by atoms with Crippen molar-refractivity contribution in [2.45, 2.75) is 57.6 Å². The number of hydrogen-bond donors (Lipinski definition) is 1. The van der Waals surface area contributed by atoms with Crippen molar-refractivity contribution in [1.29, 1.82) is 0 Å². The van der Waals surface area contributed by atoms with Crippen LogP contribution in [-0.4, -0.2) is 36.3 Å². The van der Waals surface area contributed by atoms with E-state index >= 15 is 0 Å².